The van der Waals surface area contributed by atoms with Crippen molar-refractivity contribution in [1.82, 2.24) is 5.32 Å². The number of rotatable bonds is 29. The minimum atomic E-state index is -2.13. The molecule has 0 saturated carbocycles. The predicted octanol–water partition coefficient (Wildman–Crippen LogP) is 8.59. The van der Waals surface area contributed by atoms with E-state index in [1.165, 1.54) is 88.5 Å². The molecule has 0 bridgehead atoms. The van der Waals surface area contributed by atoms with Crippen LogP contribution in [0.4, 0.5) is 0 Å². The molecule has 11 rings (SSSR count). The maximum atomic E-state index is 15.3. The largest absolute Gasteiger partial charge is 0.463 e. The standard InChI is InChI=1S/C82H85NO27/c1-47-63(103-74(88)55-33-19-10-20-34-55)68(105-76(90)57-37-23-12-24-38-57)71(106-77(91)58-39-25-13-26-40-58)80(97-47)109-69-64(104-75(89)56-35-21-11-22-36-56)48(2)98-81(72(69)107-78(92)59-41-27-14-28-42-59)110-73-70(100-52(6)87)66(99-51(5)86)61(46-95-50(4)85)102-82(73)108-67-62(83-49(3)84)79(93-7)101-60(45-94-43-53-29-15-8-16-30-53)65(67)96-44-54-31-17-9-18-32-54/h8-42,47-48,60-73,79-82H,43-46H2,1-7H3,(H,83,84)/t47-,48-,60+,61+,62+,63-,64-,65+,66-,67+,68+,69+,70-,71+,72+,73+,79-,80-,81-,82-/m0/s1. The summed E-state index contributed by atoms with van der Waals surface area (Å²) >= 11 is 0. The van der Waals surface area contributed by atoms with Gasteiger partial charge in [-0.25, -0.2) is 24.0 Å². The number of nitrogens with one attached hydrogen (secondary N) is 1. The second-order valence-electron chi connectivity index (χ2n) is 26.2. The Balaban J connectivity index is 1.08. The van der Waals surface area contributed by atoms with Crippen LogP contribution in [0.25, 0.3) is 0 Å². The highest BCUT2D eigenvalue weighted by Crippen LogP contribution is 2.41. The summed E-state index contributed by atoms with van der Waals surface area (Å²) < 4.78 is 118. The fourth-order valence-corrected chi connectivity index (χ4v) is 13.1. The molecule has 0 spiro atoms. The quantitative estimate of drug-likeness (QED) is 0.0338. The van der Waals surface area contributed by atoms with E-state index in [1.807, 2.05) is 48.5 Å². The van der Waals surface area contributed by atoms with Gasteiger partial charge in [0.05, 0.1) is 59.8 Å². The van der Waals surface area contributed by atoms with Crippen LogP contribution in [0, 0.1) is 0 Å². The first-order valence-electron chi connectivity index (χ1n) is 35.6. The molecule has 0 radical (unpaired) electrons. The lowest BCUT2D eigenvalue weighted by Crippen LogP contribution is -2.70. The number of hydrogen-bond donors (Lipinski definition) is 1. The van der Waals surface area contributed by atoms with Gasteiger partial charge in [0, 0.05) is 34.8 Å². The van der Waals surface area contributed by atoms with E-state index in [0.29, 0.717) is 5.56 Å². The van der Waals surface area contributed by atoms with Gasteiger partial charge in [-0.3, -0.25) is 19.2 Å². The summed E-state index contributed by atoms with van der Waals surface area (Å²) in [6.07, 6.45) is -33.1. The van der Waals surface area contributed by atoms with Gasteiger partial charge in [0.1, 0.15) is 43.2 Å². The molecule has 0 aliphatic carbocycles. The highest BCUT2D eigenvalue weighted by molar-refractivity contribution is 5.92. The van der Waals surface area contributed by atoms with E-state index in [-0.39, 0.29) is 47.6 Å². The van der Waals surface area contributed by atoms with E-state index >= 15 is 4.79 Å². The summed E-state index contributed by atoms with van der Waals surface area (Å²) in [4.78, 5) is 128. The van der Waals surface area contributed by atoms with Gasteiger partial charge in [0.15, 0.2) is 74.0 Å². The lowest BCUT2D eigenvalue weighted by molar-refractivity contribution is -0.390. The molecule has 110 heavy (non-hydrogen) atoms. The van der Waals surface area contributed by atoms with Gasteiger partial charge >= 0.3 is 47.8 Å². The van der Waals surface area contributed by atoms with E-state index in [0.717, 1.165) is 26.3 Å². The Kier molecular flexibility index (Phi) is 28.2. The number of esters is 8. The SMILES string of the molecule is CO[C@H]1O[C@H](COCc2ccccc2)[C@@H](OCc2ccccc2)[C@H](O[C@@H]2O[C@H](COC(C)=O)[C@H](OC(C)=O)[C@H](OC(C)=O)[C@H]2O[C@@H]2O[C@@H](C)[C@H](OC(=O)c3ccccc3)[C@@H](O[C@@H]3O[C@@H](C)[C@H](OC(=O)c4ccccc4)[C@@H](OC(=O)c4ccccc4)[C@H]3OC(=O)c3ccccc3)[C@H]2OC(=O)c2ccccc2)[C@H]1NC(C)=O. The second kappa shape index (κ2) is 38.6. The smallest absolute Gasteiger partial charge is 0.338 e. The average molecular weight is 1520 g/mol. The molecule has 20 atom stereocenters. The number of carbonyl (C=O) groups excluding carboxylic acids is 9. The molecule has 580 valence electrons. The molecule has 7 aromatic carbocycles. The van der Waals surface area contributed by atoms with Crippen LogP contribution in [-0.4, -0.2) is 197 Å². The second-order valence-corrected chi connectivity index (χ2v) is 26.2. The van der Waals surface area contributed by atoms with E-state index < -0.39 is 183 Å². The normalized spacial score (nSPS) is 27.8. The Morgan fingerprint density at radius 1 is 0.327 bits per heavy atom. The van der Waals surface area contributed by atoms with Crippen molar-refractivity contribution >= 4 is 53.7 Å². The van der Waals surface area contributed by atoms with Crippen LogP contribution in [0.15, 0.2) is 212 Å². The van der Waals surface area contributed by atoms with Crippen molar-refractivity contribution in [3.63, 3.8) is 0 Å². The number of amides is 1. The summed E-state index contributed by atoms with van der Waals surface area (Å²) in [5.41, 5.74) is 1.51. The van der Waals surface area contributed by atoms with Crippen molar-refractivity contribution in [3.8, 4) is 0 Å². The molecule has 4 aliphatic rings. The first-order valence-corrected chi connectivity index (χ1v) is 35.6. The van der Waals surface area contributed by atoms with Gasteiger partial charge < -0.3 is 90.6 Å². The third-order valence-corrected chi connectivity index (χ3v) is 18.2. The molecular formula is C82H85NO27. The zero-order valence-corrected chi connectivity index (χ0v) is 61.1. The van der Waals surface area contributed by atoms with E-state index in [9.17, 15) is 38.4 Å². The monoisotopic (exact) mass is 1520 g/mol. The third-order valence-electron chi connectivity index (χ3n) is 18.2. The molecular weight excluding hydrogens is 1430 g/mol. The Morgan fingerprint density at radius 2 is 0.664 bits per heavy atom. The van der Waals surface area contributed by atoms with Gasteiger partial charge in [0.2, 0.25) is 5.91 Å². The zero-order valence-electron chi connectivity index (χ0n) is 61.1. The first kappa shape index (κ1) is 80.4. The number of benzene rings is 7. The molecule has 1 amide bonds. The summed E-state index contributed by atoms with van der Waals surface area (Å²) in [6, 6.07) is 55.6. The van der Waals surface area contributed by atoms with Crippen LogP contribution < -0.4 is 5.32 Å². The molecule has 0 aromatic heterocycles. The van der Waals surface area contributed by atoms with Gasteiger partial charge in [-0.2, -0.15) is 0 Å². The van der Waals surface area contributed by atoms with Gasteiger partial charge in [-0.1, -0.05) is 152 Å². The maximum absolute atomic E-state index is 15.3. The minimum absolute atomic E-state index is 0.0166. The fraction of sp³-hybridized carbons (Fsp3) is 0.378. The lowest BCUT2D eigenvalue weighted by Gasteiger charge is -2.51. The molecule has 4 heterocycles. The van der Waals surface area contributed by atoms with Crippen LogP contribution in [0.3, 0.4) is 0 Å². The first-order chi connectivity index (χ1) is 53.2. The third kappa shape index (κ3) is 21.0. The van der Waals surface area contributed by atoms with E-state index in [1.54, 1.807) is 103 Å². The van der Waals surface area contributed by atoms with Crippen molar-refractivity contribution in [3.05, 3.63) is 251 Å². The molecule has 7 aromatic rings. The fourth-order valence-electron chi connectivity index (χ4n) is 13.1. The van der Waals surface area contributed by atoms with Crippen LogP contribution >= 0.6 is 0 Å². The summed E-state index contributed by atoms with van der Waals surface area (Å²) in [7, 11) is 1.33. The number of ether oxygens (including phenoxy) is 18. The van der Waals surface area contributed by atoms with Crippen molar-refractivity contribution in [2.75, 3.05) is 20.3 Å². The Labute approximate surface area is 633 Å². The van der Waals surface area contributed by atoms with Crippen molar-refractivity contribution in [1.29, 1.82) is 0 Å². The number of hydrogen-bond acceptors (Lipinski definition) is 27. The Bertz CT molecular complexity index is 4190. The molecule has 28 nitrogen and oxygen atoms in total. The van der Waals surface area contributed by atoms with Gasteiger partial charge in [0.25, 0.3) is 0 Å². The lowest BCUT2D eigenvalue weighted by atomic mass is 9.94. The molecule has 1 N–H and O–H groups in total. The molecule has 4 aliphatic heterocycles. The van der Waals surface area contributed by atoms with Crippen molar-refractivity contribution < 1.29 is 128 Å². The zero-order chi connectivity index (χ0) is 77.8. The molecule has 28 heteroatoms. The molecule has 4 fully saturated rings. The minimum Gasteiger partial charge on any atom is -0.463 e. The van der Waals surface area contributed by atoms with Crippen LogP contribution in [0.2, 0.25) is 0 Å². The Morgan fingerprint density at radius 3 is 1.08 bits per heavy atom. The topological polar surface area (TPSA) is 332 Å². The van der Waals surface area contributed by atoms with Crippen LogP contribution in [-0.2, 0) is 118 Å². The van der Waals surface area contributed by atoms with Crippen LogP contribution in [0.5, 0.6) is 0 Å². The molecule has 4 saturated heterocycles. The molecule has 0 unspecified atom stereocenters. The van der Waals surface area contributed by atoms with Crippen molar-refractivity contribution in [2.24, 2.45) is 0 Å². The number of carbonyl (C=O) groups is 9. The predicted molar refractivity (Wildman–Crippen MR) is 382 cm³/mol. The maximum Gasteiger partial charge on any atom is 0.338 e. The van der Waals surface area contributed by atoms with Gasteiger partial charge in [-0.05, 0) is 85.6 Å². The number of methoxy groups -OCH3 is 1. The highest BCUT2D eigenvalue weighted by atomic mass is 16.8. The summed E-state index contributed by atoms with van der Waals surface area (Å²) in [5.74, 6) is -8.39. The summed E-state index contributed by atoms with van der Waals surface area (Å²) in [6.45, 7) is 6.44. The summed E-state index contributed by atoms with van der Waals surface area (Å²) in [5, 5.41) is 2.88. The van der Waals surface area contributed by atoms with Gasteiger partial charge in [-0.15, -0.1) is 0 Å². The average Bonchev–Trinajstić information content (AvgIpc) is 0.756. The van der Waals surface area contributed by atoms with E-state index in [2.05, 4.69) is 5.32 Å². The van der Waals surface area contributed by atoms with Crippen LogP contribution in [0.1, 0.15) is 104 Å². The highest BCUT2D eigenvalue weighted by Gasteiger charge is 2.61. The Hall–Kier alpha value is -10.6. The van der Waals surface area contributed by atoms with E-state index in [4.69, 9.17) is 85.3 Å². The van der Waals surface area contributed by atoms with Crippen molar-refractivity contribution in [2.45, 2.75) is 178 Å².